The van der Waals surface area contributed by atoms with Crippen molar-refractivity contribution in [3.63, 3.8) is 0 Å². The number of aromatic carboxylic acids is 1. The highest BCUT2D eigenvalue weighted by Gasteiger charge is 2.38. The predicted molar refractivity (Wildman–Crippen MR) is 149 cm³/mol. The lowest BCUT2D eigenvalue weighted by Crippen LogP contribution is -2.32. The predicted octanol–water partition coefficient (Wildman–Crippen LogP) is 7.35. The van der Waals surface area contributed by atoms with Gasteiger partial charge in [-0.2, -0.15) is 5.10 Å². The van der Waals surface area contributed by atoms with Gasteiger partial charge in [-0.15, -0.1) is 0 Å². The number of allylic oxidation sites excluding steroid dienone is 2. The first-order valence-electron chi connectivity index (χ1n) is 12.2. The van der Waals surface area contributed by atoms with Crippen molar-refractivity contribution in [3.05, 3.63) is 93.3 Å². The number of fused-ring (bicyclic) bond motifs is 1. The Morgan fingerprint density at radius 3 is 2.77 bits per heavy atom. The first-order chi connectivity index (χ1) is 18.8. The molecule has 0 amide bonds. The van der Waals surface area contributed by atoms with Gasteiger partial charge in [0.15, 0.2) is 5.06 Å². The van der Waals surface area contributed by atoms with Crippen LogP contribution < -0.4 is 0 Å². The van der Waals surface area contributed by atoms with Gasteiger partial charge in [-0.3, -0.25) is 5.10 Å². The molecule has 196 valence electrons. The SMILES string of the molecule is O=C(O)c1cc(C#CC2C=CC=CC2(Cl)OCc2c(-c3c(Cl)cccc3Cl)noc2C2CC2)c2cn[nH]c2c1. The van der Waals surface area contributed by atoms with Crippen LogP contribution in [-0.2, 0) is 11.3 Å². The zero-order valence-electron chi connectivity index (χ0n) is 20.2. The maximum Gasteiger partial charge on any atom is 0.335 e. The standard InChI is InChI=1S/C29H20Cl3N3O4/c30-22-5-3-6-23(31)25(22)26-21(27(39-35-26)16-7-8-16)15-38-29(32)11-2-1-4-19(29)10-9-17-12-18(28(36)37)13-24-20(17)14-33-34-24/h1-6,11-14,16,19H,7-8,15H2,(H,33,34)(H,36,37). The average molecular weight is 581 g/mol. The summed E-state index contributed by atoms with van der Waals surface area (Å²) in [6, 6.07) is 8.31. The topological polar surface area (TPSA) is 101 Å². The maximum atomic E-state index is 11.6. The zero-order chi connectivity index (χ0) is 27.1. The number of benzene rings is 2. The Labute approximate surface area is 238 Å². The fraction of sp³-hybridized carbons (Fsp3) is 0.207. The van der Waals surface area contributed by atoms with E-state index in [1.165, 1.54) is 12.1 Å². The van der Waals surface area contributed by atoms with Crippen LogP contribution in [0.1, 0.15) is 46.0 Å². The van der Waals surface area contributed by atoms with Crippen molar-refractivity contribution in [1.82, 2.24) is 15.4 Å². The van der Waals surface area contributed by atoms with Gasteiger partial charge in [-0.05, 0) is 43.2 Å². The third-order valence-corrected chi connectivity index (χ3v) is 7.83. The minimum absolute atomic E-state index is 0.0898. The largest absolute Gasteiger partial charge is 0.478 e. The summed E-state index contributed by atoms with van der Waals surface area (Å²) in [5, 5.41) is 21.0. The Balaban J connectivity index is 1.32. The Bertz CT molecular complexity index is 1700. The number of hydrogen-bond donors (Lipinski definition) is 2. The molecule has 0 spiro atoms. The number of carboxylic acid groups (broad SMARTS) is 1. The number of H-pyrrole nitrogens is 1. The quantitative estimate of drug-likeness (QED) is 0.183. The summed E-state index contributed by atoms with van der Waals surface area (Å²) in [4.78, 5) is 11.6. The van der Waals surface area contributed by atoms with E-state index in [0.29, 0.717) is 37.8 Å². The second kappa shape index (κ2) is 10.2. The molecule has 2 heterocycles. The molecule has 0 bridgehead atoms. The van der Waals surface area contributed by atoms with Crippen LogP contribution in [0.2, 0.25) is 10.0 Å². The van der Waals surface area contributed by atoms with E-state index >= 15 is 0 Å². The molecule has 2 aromatic carbocycles. The highest BCUT2D eigenvalue weighted by atomic mass is 35.5. The number of rotatable bonds is 6. The summed E-state index contributed by atoms with van der Waals surface area (Å²) in [5.41, 5.74) is 3.06. The van der Waals surface area contributed by atoms with Crippen molar-refractivity contribution in [2.75, 3.05) is 0 Å². The van der Waals surface area contributed by atoms with Crippen molar-refractivity contribution in [3.8, 4) is 23.1 Å². The van der Waals surface area contributed by atoms with Gasteiger partial charge >= 0.3 is 5.97 Å². The number of hydrogen-bond acceptors (Lipinski definition) is 5. The number of carbonyl (C=O) groups is 1. The molecule has 4 aromatic rings. The lowest BCUT2D eigenvalue weighted by molar-refractivity contribution is 0.0248. The van der Waals surface area contributed by atoms with Crippen LogP contribution in [0.4, 0.5) is 0 Å². The molecule has 2 aliphatic carbocycles. The van der Waals surface area contributed by atoms with Gasteiger partial charge in [0.2, 0.25) is 0 Å². The first-order valence-corrected chi connectivity index (χ1v) is 13.3. The van der Waals surface area contributed by atoms with Crippen LogP contribution in [0.3, 0.4) is 0 Å². The summed E-state index contributed by atoms with van der Waals surface area (Å²) in [5.74, 6) is 5.65. The second-order valence-corrected chi connectivity index (χ2v) is 10.8. The molecule has 0 aliphatic heterocycles. The molecule has 2 atom stereocenters. The van der Waals surface area contributed by atoms with Crippen molar-refractivity contribution >= 4 is 51.7 Å². The normalized spacial score (nSPS) is 20.2. The van der Waals surface area contributed by atoms with Crippen LogP contribution in [-0.4, -0.2) is 31.5 Å². The molecule has 1 saturated carbocycles. The van der Waals surface area contributed by atoms with Gasteiger partial charge in [0.1, 0.15) is 11.5 Å². The molecule has 10 heteroatoms. The number of aromatic amines is 1. The number of carboxylic acids is 1. The van der Waals surface area contributed by atoms with Crippen molar-refractivity contribution in [2.24, 2.45) is 5.92 Å². The molecule has 0 saturated heterocycles. The number of ether oxygens (including phenoxy) is 1. The highest BCUT2D eigenvalue weighted by molar-refractivity contribution is 6.39. The van der Waals surface area contributed by atoms with Gasteiger partial charge in [-0.25, -0.2) is 4.79 Å². The van der Waals surface area contributed by atoms with E-state index in [2.05, 4.69) is 27.2 Å². The minimum Gasteiger partial charge on any atom is -0.478 e. The molecule has 0 radical (unpaired) electrons. The Morgan fingerprint density at radius 1 is 1.23 bits per heavy atom. The van der Waals surface area contributed by atoms with Gasteiger partial charge in [0, 0.05) is 28.0 Å². The van der Waals surface area contributed by atoms with E-state index < -0.39 is 16.9 Å². The third-order valence-electron chi connectivity index (χ3n) is 6.73. The van der Waals surface area contributed by atoms with Crippen LogP contribution in [0.25, 0.3) is 22.2 Å². The fourth-order valence-electron chi connectivity index (χ4n) is 4.55. The average Bonchev–Trinajstić information content (AvgIpc) is 3.49. The van der Waals surface area contributed by atoms with E-state index in [4.69, 9.17) is 44.1 Å². The van der Waals surface area contributed by atoms with E-state index in [-0.39, 0.29) is 18.1 Å². The second-order valence-electron chi connectivity index (χ2n) is 9.38. The summed E-state index contributed by atoms with van der Waals surface area (Å²) in [6.45, 7) is 0.0898. The molecule has 2 aromatic heterocycles. The molecule has 2 unspecified atom stereocenters. The summed E-state index contributed by atoms with van der Waals surface area (Å²) in [7, 11) is 0. The van der Waals surface area contributed by atoms with E-state index in [1.807, 2.05) is 12.2 Å². The van der Waals surface area contributed by atoms with Crippen LogP contribution in [0.15, 0.2) is 65.4 Å². The molecule has 2 N–H and O–H groups in total. The highest BCUT2D eigenvalue weighted by Crippen LogP contribution is 2.47. The fourth-order valence-corrected chi connectivity index (χ4v) is 5.38. The molecule has 6 rings (SSSR count). The molecule has 1 fully saturated rings. The Kier molecular flexibility index (Phi) is 6.74. The van der Waals surface area contributed by atoms with Crippen LogP contribution >= 0.6 is 34.8 Å². The van der Waals surface area contributed by atoms with Gasteiger partial charge in [0.25, 0.3) is 0 Å². The number of nitrogens with zero attached hydrogens (tertiary/aromatic N) is 2. The third kappa shape index (κ3) is 4.97. The van der Waals surface area contributed by atoms with E-state index in [0.717, 1.165) is 24.2 Å². The Hall–Kier alpha value is -3.54. The number of alkyl halides is 1. The smallest absolute Gasteiger partial charge is 0.335 e. The van der Waals surface area contributed by atoms with E-state index in [9.17, 15) is 9.90 Å². The lowest BCUT2D eigenvalue weighted by atomic mass is 9.96. The van der Waals surface area contributed by atoms with Gasteiger partial charge < -0.3 is 14.4 Å². The maximum absolute atomic E-state index is 11.6. The van der Waals surface area contributed by atoms with Crippen molar-refractivity contribution in [1.29, 1.82) is 0 Å². The molecular weight excluding hydrogens is 561 g/mol. The monoisotopic (exact) mass is 579 g/mol. The number of nitrogens with one attached hydrogen (secondary N) is 1. The molecular formula is C29H20Cl3N3O4. The molecule has 7 nitrogen and oxygen atoms in total. The number of aromatic nitrogens is 3. The van der Waals surface area contributed by atoms with E-state index in [1.54, 1.807) is 36.5 Å². The summed E-state index contributed by atoms with van der Waals surface area (Å²) in [6.07, 6.45) is 10.8. The van der Waals surface area contributed by atoms with Crippen molar-refractivity contribution in [2.45, 2.75) is 30.4 Å². The molecule has 39 heavy (non-hydrogen) atoms. The van der Waals surface area contributed by atoms with Crippen molar-refractivity contribution < 1.29 is 19.2 Å². The molecule has 2 aliphatic rings. The van der Waals surface area contributed by atoms with Gasteiger partial charge in [-0.1, -0.05) is 76.1 Å². The summed E-state index contributed by atoms with van der Waals surface area (Å²) >= 11 is 20.0. The number of halogens is 3. The zero-order valence-corrected chi connectivity index (χ0v) is 22.5. The van der Waals surface area contributed by atoms with Gasteiger partial charge in [0.05, 0.1) is 39.8 Å². The lowest BCUT2D eigenvalue weighted by Gasteiger charge is -2.29. The van der Waals surface area contributed by atoms with Crippen LogP contribution in [0.5, 0.6) is 0 Å². The first kappa shape index (κ1) is 25.7. The summed E-state index contributed by atoms with van der Waals surface area (Å²) < 4.78 is 12.1. The Morgan fingerprint density at radius 2 is 2.03 bits per heavy atom. The van der Waals surface area contributed by atoms with Crippen LogP contribution in [0, 0.1) is 17.8 Å². The minimum atomic E-state index is -1.30.